The number of rotatable bonds is 5. The highest BCUT2D eigenvalue weighted by Gasteiger charge is 2.31. The molecule has 1 saturated heterocycles. The Kier molecular flexibility index (Phi) is 6.60. The summed E-state index contributed by atoms with van der Waals surface area (Å²) in [6, 6.07) is 12.7. The highest BCUT2D eigenvalue weighted by Crippen LogP contribution is 2.30. The van der Waals surface area contributed by atoms with Gasteiger partial charge in [0, 0.05) is 26.6 Å². The molecule has 0 saturated carbocycles. The van der Waals surface area contributed by atoms with E-state index in [4.69, 9.17) is 27.9 Å². The number of aromatic amines is 1. The number of methoxy groups -OCH3 is 1. The van der Waals surface area contributed by atoms with Crippen LogP contribution in [0.3, 0.4) is 0 Å². The Morgan fingerprint density at radius 1 is 1.12 bits per heavy atom. The molecule has 7 nitrogen and oxygen atoms in total. The number of nitrogens with zero attached hydrogens (tertiary/aromatic N) is 1. The molecule has 0 bridgehead atoms. The van der Waals surface area contributed by atoms with Crippen molar-refractivity contribution >= 4 is 57.4 Å². The Labute approximate surface area is 196 Å². The van der Waals surface area contributed by atoms with Crippen molar-refractivity contribution in [1.82, 2.24) is 4.98 Å². The van der Waals surface area contributed by atoms with E-state index in [0.29, 0.717) is 26.6 Å². The van der Waals surface area contributed by atoms with Gasteiger partial charge in [0.2, 0.25) is 0 Å². The molecule has 0 unspecified atom stereocenters. The zero-order valence-corrected chi connectivity index (χ0v) is 19.4. The number of piperazine rings is 1. The van der Waals surface area contributed by atoms with Gasteiger partial charge in [0.05, 0.1) is 39.0 Å². The first-order valence-electron chi connectivity index (χ1n) is 10.4. The molecule has 2 aromatic carbocycles. The Hall–Kier alpha value is -2.74. The maximum Gasteiger partial charge on any atom is 0.356 e. The first kappa shape index (κ1) is 22.5. The standard InChI is InChI=1S/C23H24Cl2N4O3/c1-14(28-8-10-29(11-9-28)17-5-3-4-15(24)12-17)22(30)27-20-18-13-16(25)6-7-19(18)26-21(20)23(31)32-2/h3-7,12-14,26H,8-11H2,1-2H3,(H,27,30)/p+1/t14-/m0/s1. The minimum atomic E-state index is -0.553. The van der Waals surface area contributed by atoms with Crippen LogP contribution in [-0.4, -0.2) is 56.2 Å². The summed E-state index contributed by atoms with van der Waals surface area (Å²) in [6.07, 6.45) is 0. The number of carbonyl (C=O) groups excluding carboxylic acids is 2. The summed E-state index contributed by atoms with van der Waals surface area (Å²) in [4.78, 5) is 31.9. The van der Waals surface area contributed by atoms with E-state index < -0.39 is 5.97 Å². The lowest BCUT2D eigenvalue weighted by atomic mass is 10.1. The molecule has 0 spiro atoms. The van der Waals surface area contributed by atoms with Crippen LogP contribution in [0.15, 0.2) is 42.5 Å². The van der Waals surface area contributed by atoms with Gasteiger partial charge in [-0.1, -0.05) is 29.3 Å². The third kappa shape index (κ3) is 4.55. The molecule has 4 rings (SSSR count). The third-order valence-electron chi connectivity index (χ3n) is 5.98. The van der Waals surface area contributed by atoms with Crippen molar-refractivity contribution < 1.29 is 19.2 Å². The van der Waals surface area contributed by atoms with Crippen molar-refractivity contribution in [3.63, 3.8) is 0 Å². The molecule has 32 heavy (non-hydrogen) atoms. The minimum Gasteiger partial charge on any atom is -0.464 e. The predicted molar refractivity (Wildman–Crippen MR) is 127 cm³/mol. The number of hydrogen-bond donors (Lipinski definition) is 3. The number of hydrogen-bond acceptors (Lipinski definition) is 4. The topological polar surface area (TPSA) is 78.9 Å². The average molecular weight is 476 g/mol. The van der Waals surface area contributed by atoms with Crippen LogP contribution in [0.4, 0.5) is 11.4 Å². The lowest BCUT2D eigenvalue weighted by Crippen LogP contribution is -3.19. The number of H-pyrrole nitrogens is 1. The van der Waals surface area contributed by atoms with Gasteiger partial charge in [-0.25, -0.2) is 4.79 Å². The highest BCUT2D eigenvalue weighted by atomic mass is 35.5. The van der Waals surface area contributed by atoms with Crippen molar-refractivity contribution in [3.05, 3.63) is 58.2 Å². The molecule has 0 radical (unpaired) electrons. The number of halogens is 2. The number of anilines is 2. The molecule has 1 aromatic heterocycles. The first-order chi connectivity index (χ1) is 15.4. The monoisotopic (exact) mass is 475 g/mol. The van der Waals surface area contributed by atoms with Crippen LogP contribution in [0.2, 0.25) is 10.0 Å². The maximum absolute atomic E-state index is 13.1. The van der Waals surface area contributed by atoms with E-state index in [1.165, 1.54) is 12.0 Å². The fourth-order valence-corrected chi connectivity index (χ4v) is 4.48. The lowest BCUT2D eigenvalue weighted by molar-refractivity contribution is -0.914. The number of fused-ring (bicyclic) bond motifs is 1. The quantitative estimate of drug-likeness (QED) is 0.495. The molecule has 1 atom stereocenters. The van der Waals surface area contributed by atoms with Crippen LogP contribution in [0.5, 0.6) is 0 Å². The second-order valence-corrected chi connectivity index (χ2v) is 8.77. The van der Waals surface area contributed by atoms with E-state index >= 15 is 0 Å². The smallest absolute Gasteiger partial charge is 0.356 e. The number of benzene rings is 2. The summed E-state index contributed by atoms with van der Waals surface area (Å²) >= 11 is 12.3. The molecular formula is C23H25Cl2N4O3+. The van der Waals surface area contributed by atoms with Gasteiger partial charge >= 0.3 is 5.97 Å². The first-order valence-corrected chi connectivity index (χ1v) is 11.2. The Morgan fingerprint density at radius 3 is 2.53 bits per heavy atom. The second kappa shape index (κ2) is 9.40. The van der Waals surface area contributed by atoms with Gasteiger partial charge in [-0.2, -0.15) is 0 Å². The Balaban J connectivity index is 1.48. The number of ether oxygens (including phenoxy) is 1. The Morgan fingerprint density at radius 2 is 1.84 bits per heavy atom. The number of nitrogens with one attached hydrogen (secondary N) is 3. The number of amides is 1. The summed E-state index contributed by atoms with van der Waals surface area (Å²) in [6.45, 7) is 5.17. The van der Waals surface area contributed by atoms with Crippen molar-refractivity contribution in [1.29, 1.82) is 0 Å². The maximum atomic E-state index is 13.1. The van der Waals surface area contributed by atoms with Crippen molar-refractivity contribution in [3.8, 4) is 0 Å². The minimum absolute atomic E-state index is 0.165. The number of carbonyl (C=O) groups is 2. The Bertz CT molecular complexity index is 1160. The summed E-state index contributed by atoms with van der Waals surface area (Å²) in [5, 5.41) is 4.83. The van der Waals surface area contributed by atoms with Crippen LogP contribution >= 0.6 is 23.2 Å². The van der Waals surface area contributed by atoms with Crippen molar-refractivity contribution in [2.24, 2.45) is 0 Å². The molecule has 3 N–H and O–H groups in total. The summed E-state index contributed by atoms with van der Waals surface area (Å²) in [7, 11) is 1.30. The largest absolute Gasteiger partial charge is 0.464 e. The van der Waals surface area contributed by atoms with Gasteiger partial charge in [-0.05, 0) is 43.3 Å². The molecular weight excluding hydrogens is 451 g/mol. The van der Waals surface area contributed by atoms with E-state index in [0.717, 1.165) is 31.9 Å². The van der Waals surface area contributed by atoms with Crippen LogP contribution in [0.25, 0.3) is 10.9 Å². The average Bonchev–Trinajstić information content (AvgIpc) is 3.15. The third-order valence-corrected chi connectivity index (χ3v) is 6.45. The van der Waals surface area contributed by atoms with Gasteiger partial charge in [0.25, 0.3) is 5.91 Å². The molecule has 1 aliphatic rings. The molecule has 1 fully saturated rings. The van der Waals surface area contributed by atoms with Crippen molar-refractivity contribution in [2.75, 3.05) is 43.5 Å². The van der Waals surface area contributed by atoms with Gasteiger partial charge in [-0.3, -0.25) is 4.79 Å². The van der Waals surface area contributed by atoms with Crippen LogP contribution in [-0.2, 0) is 9.53 Å². The van der Waals surface area contributed by atoms with Crippen LogP contribution in [0.1, 0.15) is 17.4 Å². The van der Waals surface area contributed by atoms with Gasteiger partial charge in [0.1, 0.15) is 5.69 Å². The van der Waals surface area contributed by atoms with E-state index in [2.05, 4.69) is 15.2 Å². The number of esters is 1. The fraction of sp³-hybridized carbons (Fsp3) is 0.304. The summed E-state index contributed by atoms with van der Waals surface area (Å²) in [5.41, 5.74) is 2.38. The molecule has 3 aromatic rings. The number of aromatic nitrogens is 1. The van der Waals surface area contributed by atoms with Gasteiger partial charge in [-0.15, -0.1) is 0 Å². The summed E-state index contributed by atoms with van der Waals surface area (Å²) in [5.74, 6) is -0.718. The van der Waals surface area contributed by atoms with Gasteiger partial charge < -0.3 is 24.8 Å². The zero-order valence-electron chi connectivity index (χ0n) is 17.9. The molecule has 1 amide bonds. The highest BCUT2D eigenvalue weighted by molar-refractivity contribution is 6.31. The predicted octanol–water partition coefficient (Wildman–Crippen LogP) is 2.99. The molecule has 9 heteroatoms. The van der Waals surface area contributed by atoms with E-state index in [1.54, 1.807) is 18.2 Å². The molecule has 2 heterocycles. The van der Waals surface area contributed by atoms with Crippen LogP contribution < -0.4 is 15.1 Å². The number of quaternary nitrogens is 1. The zero-order chi connectivity index (χ0) is 22.8. The van der Waals surface area contributed by atoms with E-state index in [-0.39, 0.29) is 17.6 Å². The van der Waals surface area contributed by atoms with E-state index in [9.17, 15) is 9.59 Å². The summed E-state index contributed by atoms with van der Waals surface area (Å²) < 4.78 is 4.88. The lowest BCUT2D eigenvalue weighted by Gasteiger charge is -2.36. The normalized spacial score (nSPS) is 15.6. The molecule has 0 aliphatic carbocycles. The second-order valence-electron chi connectivity index (χ2n) is 7.89. The van der Waals surface area contributed by atoms with Gasteiger partial charge in [0.15, 0.2) is 6.04 Å². The van der Waals surface area contributed by atoms with Crippen molar-refractivity contribution in [2.45, 2.75) is 13.0 Å². The fourth-order valence-electron chi connectivity index (χ4n) is 4.12. The van der Waals surface area contributed by atoms with Crippen LogP contribution in [0, 0.1) is 0 Å². The molecule has 168 valence electrons. The molecule has 1 aliphatic heterocycles. The SMILES string of the molecule is COC(=O)c1[nH]c2ccc(Cl)cc2c1NC(=O)[C@H](C)[NH+]1CCN(c2cccc(Cl)c2)CC1. The van der Waals surface area contributed by atoms with E-state index in [1.807, 2.05) is 31.2 Å².